The summed E-state index contributed by atoms with van der Waals surface area (Å²) < 4.78 is 6.59. The maximum atomic E-state index is 11.1. The minimum absolute atomic E-state index is 0.152. The topological polar surface area (TPSA) is 85.2 Å². The molecule has 2 aromatic rings. The lowest BCUT2D eigenvalue weighted by atomic mass is 10.2. The van der Waals surface area contributed by atoms with Gasteiger partial charge < -0.3 is 10.2 Å². The number of hydrogen-bond donors (Lipinski definition) is 1. The van der Waals surface area contributed by atoms with Gasteiger partial charge >= 0.3 is 0 Å². The second-order valence-electron chi connectivity index (χ2n) is 4.98. The van der Waals surface area contributed by atoms with E-state index in [-0.39, 0.29) is 18.5 Å². The summed E-state index contributed by atoms with van der Waals surface area (Å²) in [7, 11) is 0. The first-order valence-corrected chi connectivity index (χ1v) is 7.35. The Morgan fingerprint density at radius 3 is 2.81 bits per heavy atom. The van der Waals surface area contributed by atoms with E-state index in [1.54, 1.807) is 0 Å². The quantitative estimate of drug-likeness (QED) is 0.861. The number of carbonyl (C=O) groups excluding carboxylic acids is 1. The zero-order valence-corrected chi connectivity index (χ0v) is 13.5. The lowest BCUT2D eigenvalue weighted by Gasteiger charge is -2.22. The molecule has 0 radical (unpaired) electrons. The average Bonchev–Trinajstić information content (AvgIpc) is 2.86. The largest absolute Gasteiger partial charge is 0.419 e. The molecule has 0 unspecified atom stereocenters. The van der Waals surface area contributed by atoms with Crippen molar-refractivity contribution in [3.05, 3.63) is 34.6 Å². The van der Waals surface area contributed by atoms with Crippen LogP contribution in [-0.4, -0.2) is 33.6 Å². The van der Waals surface area contributed by atoms with Gasteiger partial charge in [0.1, 0.15) is 0 Å². The number of halogens is 1. The molecule has 0 saturated carbocycles. The van der Waals surface area contributed by atoms with Crippen molar-refractivity contribution >= 4 is 21.8 Å². The van der Waals surface area contributed by atoms with Crippen molar-refractivity contribution < 1.29 is 9.21 Å². The van der Waals surface area contributed by atoms with E-state index >= 15 is 0 Å². The molecule has 112 valence electrons. The minimum Gasteiger partial charge on any atom is -0.419 e. The SMILES string of the molecule is CC(C)N(CC(N)=O)Cc1nnc(-c2cccc(Br)c2)o1. The second kappa shape index (κ2) is 6.82. The number of nitrogens with two attached hydrogens (primary N) is 1. The van der Waals surface area contributed by atoms with Crippen LogP contribution in [0.25, 0.3) is 11.5 Å². The number of amides is 1. The maximum absolute atomic E-state index is 11.1. The molecule has 1 amide bonds. The van der Waals surface area contributed by atoms with Crippen molar-refractivity contribution in [1.82, 2.24) is 15.1 Å². The molecule has 0 atom stereocenters. The van der Waals surface area contributed by atoms with Gasteiger partial charge in [0, 0.05) is 16.1 Å². The van der Waals surface area contributed by atoms with Crippen LogP contribution in [0.15, 0.2) is 33.2 Å². The van der Waals surface area contributed by atoms with Crippen LogP contribution in [-0.2, 0) is 11.3 Å². The molecular formula is C14H17BrN4O2. The number of carbonyl (C=O) groups is 1. The molecule has 0 spiro atoms. The van der Waals surface area contributed by atoms with Gasteiger partial charge in [0.15, 0.2) is 0 Å². The molecule has 6 nitrogen and oxygen atoms in total. The van der Waals surface area contributed by atoms with Gasteiger partial charge in [-0.3, -0.25) is 9.69 Å². The third kappa shape index (κ3) is 4.37. The molecule has 0 fully saturated rings. The van der Waals surface area contributed by atoms with Crippen LogP contribution < -0.4 is 5.73 Å². The molecule has 0 bridgehead atoms. The zero-order chi connectivity index (χ0) is 15.4. The zero-order valence-electron chi connectivity index (χ0n) is 11.9. The molecule has 1 aromatic heterocycles. The Labute approximate surface area is 131 Å². The summed E-state index contributed by atoms with van der Waals surface area (Å²) in [6.07, 6.45) is 0. The van der Waals surface area contributed by atoms with E-state index in [9.17, 15) is 4.79 Å². The number of aromatic nitrogens is 2. The fraction of sp³-hybridized carbons (Fsp3) is 0.357. The Kier molecular flexibility index (Phi) is 5.08. The predicted octanol–water partition coefficient (Wildman–Crippen LogP) is 2.19. The lowest BCUT2D eigenvalue weighted by Crippen LogP contribution is -2.38. The molecule has 0 aliphatic rings. The third-order valence-corrected chi connectivity index (χ3v) is 3.46. The van der Waals surface area contributed by atoms with Crippen LogP contribution in [0.1, 0.15) is 19.7 Å². The van der Waals surface area contributed by atoms with Gasteiger partial charge in [-0.2, -0.15) is 0 Å². The molecule has 7 heteroatoms. The molecule has 2 N–H and O–H groups in total. The highest BCUT2D eigenvalue weighted by molar-refractivity contribution is 9.10. The number of primary amides is 1. The van der Waals surface area contributed by atoms with E-state index in [4.69, 9.17) is 10.2 Å². The number of benzene rings is 1. The summed E-state index contributed by atoms with van der Waals surface area (Å²) in [6, 6.07) is 7.77. The summed E-state index contributed by atoms with van der Waals surface area (Å²) >= 11 is 3.40. The van der Waals surface area contributed by atoms with Crippen molar-refractivity contribution in [3.8, 4) is 11.5 Å². The van der Waals surface area contributed by atoms with Crippen molar-refractivity contribution in [2.45, 2.75) is 26.4 Å². The van der Waals surface area contributed by atoms with Gasteiger partial charge in [-0.15, -0.1) is 10.2 Å². The minimum atomic E-state index is -0.379. The lowest BCUT2D eigenvalue weighted by molar-refractivity contribution is -0.119. The predicted molar refractivity (Wildman–Crippen MR) is 82.2 cm³/mol. The second-order valence-corrected chi connectivity index (χ2v) is 5.89. The van der Waals surface area contributed by atoms with Gasteiger partial charge in [0.05, 0.1) is 13.1 Å². The van der Waals surface area contributed by atoms with Crippen LogP contribution in [0.4, 0.5) is 0 Å². The number of rotatable bonds is 6. The van der Waals surface area contributed by atoms with Crippen molar-refractivity contribution in [2.75, 3.05) is 6.54 Å². The highest BCUT2D eigenvalue weighted by atomic mass is 79.9. The third-order valence-electron chi connectivity index (χ3n) is 2.97. The Morgan fingerprint density at radius 2 is 2.19 bits per heavy atom. The van der Waals surface area contributed by atoms with Crippen LogP contribution in [0.3, 0.4) is 0 Å². The molecular weight excluding hydrogens is 336 g/mol. The first-order valence-electron chi connectivity index (χ1n) is 6.56. The molecule has 21 heavy (non-hydrogen) atoms. The van der Waals surface area contributed by atoms with E-state index in [2.05, 4.69) is 26.1 Å². The van der Waals surface area contributed by atoms with Gasteiger partial charge in [-0.1, -0.05) is 22.0 Å². The van der Waals surface area contributed by atoms with Gasteiger partial charge in [-0.05, 0) is 32.0 Å². The van der Waals surface area contributed by atoms with Crippen LogP contribution in [0.2, 0.25) is 0 Å². The highest BCUT2D eigenvalue weighted by Crippen LogP contribution is 2.22. The standard InChI is InChI=1S/C14H17BrN4O2/c1-9(2)19(7-12(16)20)8-13-17-18-14(21-13)10-4-3-5-11(15)6-10/h3-6,9H,7-8H2,1-2H3,(H2,16,20). The number of hydrogen-bond acceptors (Lipinski definition) is 5. The Balaban J connectivity index is 2.14. The van der Waals surface area contributed by atoms with Crippen LogP contribution in [0, 0.1) is 0 Å². The van der Waals surface area contributed by atoms with Gasteiger partial charge in [0.2, 0.25) is 17.7 Å². The smallest absolute Gasteiger partial charge is 0.247 e. The fourth-order valence-corrected chi connectivity index (χ4v) is 2.25. The average molecular weight is 353 g/mol. The van der Waals surface area contributed by atoms with E-state index < -0.39 is 0 Å². The first-order chi connectivity index (χ1) is 9.95. The highest BCUT2D eigenvalue weighted by Gasteiger charge is 2.17. The summed E-state index contributed by atoms with van der Waals surface area (Å²) in [5, 5.41) is 8.06. The maximum Gasteiger partial charge on any atom is 0.247 e. The fourth-order valence-electron chi connectivity index (χ4n) is 1.85. The van der Waals surface area contributed by atoms with Gasteiger partial charge in [-0.25, -0.2) is 0 Å². The molecule has 1 heterocycles. The van der Waals surface area contributed by atoms with Crippen molar-refractivity contribution in [1.29, 1.82) is 0 Å². The summed E-state index contributed by atoms with van der Waals surface area (Å²) in [5.74, 6) is 0.532. The molecule has 2 rings (SSSR count). The molecule has 0 aliphatic heterocycles. The Hall–Kier alpha value is -1.73. The van der Waals surface area contributed by atoms with Gasteiger partial charge in [0.25, 0.3) is 0 Å². The van der Waals surface area contributed by atoms with E-state index in [0.29, 0.717) is 18.3 Å². The number of nitrogens with zero attached hydrogens (tertiary/aromatic N) is 3. The monoisotopic (exact) mass is 352 g/mol. The van der Waals surface area contributed by atoms with Crippen molar-refractivity contribution in [3.63, 3.8) is 0 Å². The normalized spacial score (nSPS) is 11.3. The summed E-state index contributed by atoms with van der Waals surface area (Å²) in [5.41, 5.74) is 6.09. The van der Waals surface area contributed by atoms with E-state index in [1.165, 1.54) is 0 Å². The van der Waals surface area contributed by atoms with Crippen LogP contribution >= 0.6 is 15.9 Å². The Bertz CT molecular complexity index is 627. The van der Waals surface area contributed by atoms with Crippen molar-refractivity contribution in [2.24, 2.45) is 5.73 Å². The Morgan fingerprint density at radius 1 is 1.43 bits per heavy atom. The van der Waals surface area contributed by atoms with E-state index in [1.807, 2.05) is 43.0 Å². The molecule has 1 aromatic carbocycles. The summed E-state index contributed by atoms with van der Waals surface area (Å²) in [6.45, 7) is 4.51. The van der Waals surface area contributed by atoms with Crippen LogP contribution in [0.5, 0.6) is 0 Å². The first kappa shape index (κ1) is 15.7. The molecule has 0 aliphatic carbocycles. The molecule has 0 saturated heterocycles. The van der Waals surface area contributed by atoms with E-state index in [0.717, 1.165) is 10.0 Å². The summed E-state index contributed by atoms with van der Waals surface area (Å²) in [4.78, 5) is 13.0.